The number of benzene rings is 3. The molecule has 0 aliphatic carbocycles. The molecule has 0 radical (unpaired) electrons. The number of aryl methyl sites for hydroxylation is 1. The first-order chi connectivity index (χ1) is 15.9. The van der Waals surface area contributed by atoms with E-state index in [0.29, 0.717) is 58.7 Å². The summed E-state index contributed by atoms with van der Waals surface area (Å²) in [6.07, 6.45) is 1.17. The zero-order valence-corrected chi connectivity index (χ0v) is 19.7. The van der Waals surface area contributed by atoms with E-state index in [1.807, 2.05) is 31.2 Å². The number of nitrogens with one attached hydrogen (secondary N) is 1. The van der Waals surface area contributed by atoms with Gasteiger partial charge in [-0.05, 0) is 74.4 Å². The molecule has 1 N–H and O–H groups in total. The fourth-order valence-electron chi connectivity index (χ4n) is 3.78. The van der Waals surface area contributed by atoms with Gasteiger partial charge in [-0.3, -0.25) is 9.59 Å². The third kappa shape index (κ3) is 5.86. The van der Waals surface area contributed by atoms with E-state index >= 15 is 0 Å². The minimum Gasteiger partial charge on any atom is -0.455 e. The second-order valence-corrected chi connectivity index (χ2v) is 8.99. The van der Waals surface area contributed by atoms with E-state index in [4.69, 9.17) is 27.9 Å². The Kier molecular flexibility index (Phi) is 7.21. The molecule has 5 nitrogen and oxygen atoms in total. The molecule has 170 valence electrons. The summed E-state index contributed by atoms with van der Waals surface area (Å²) in [4.78, 5) is 27.5. The average Bonchev–Trinajstić information content (AvgIpc) is 2.82. The van der Waals surface area contributed by atoms with Crippen LogP contribution in [0.25, 0.3) is 0 Å². The van der Waals surface area contributed by atoms with Gasteiger partial charge in [-0.25, -0.2) is 0 Å². The number of amides is 2. The minimum atomic E-state index is -0.203. The number of ether oxygens (including phenoxy) is 1. The molecular formula is C26H24Cl2N2O3. The van der Waals surface area contributed by atoms with Crippen molar-refractivity contribution in [3.8, 4) is 11.5 Å². The number of hydrogen-bond donors (Lipinski definition) is 1. The van der Waals surface area contributed by atoms with Crippen LogP contribution in [0.3, 0.4) is 0 Å². The SMILES string of the molecule is Cc1ccc(Oc2ccc(Cl)cc2NC(=O)C2CCN(C(=O)c3ccc(Cl)cc3)CC2)cc1. The number of halogens is 2. The Morgan fingerprint density at radius 1 is 0.909 bits per heavy atom. The number of hydrogen-bond acceptors (Lipinski definition) is 3. The number of carbonyl (C=O) groups excluding carboxylic acids is 2. The molecule has 1 aliphatic rings. The summed E-state index contributed by atoms with van der Waals surface area (Å²) in [5, 5.41) is 4.06. The van der Waals surface area contributed by atoms with Crippen molar-refractivity contribution in [2.24, 2.45) is 5.92 Å². The van der Waals surface area contributed by atoms with Crippen molar-refractivity contribution in [1.82, 2.24) is 4.90 Å². The molecule has 1 aliphatic heterocycles. The van der Waals surface area contributed by atoms with Crippen LogP contribution in [0, 0.1) is 12.8 Å². The zero-order chi connectivity index (χ0) is 23.4. The van der Waals surface area contributed by atoms with Gasteiger partial charge in [0.15, 0.2) is 5.75 Å². The summed E-state index contributed by atoms with van der Waals surface area (Å²) in [7, 11) is 0. The Morgan fingerprint density at radius 3 is 2.21 bits per heavy atom. The van der Waals surface area contributed by atoms with Crippen LogP contribution in [0.4, 0.5) is 5.69 Å². The lowest BCUT2D eigenvalue weighted by Crippen LogP contribution is -2.41. The van der Waals surface area contributed by atoms with E-state index in [1.54, 1.807) is 47.4 Å². The first-order valence-electron chi connectivity index (χ1n) is 10.8. The van der Waals surface area contributed by atoms with Crippen molar-refractivity contribution < 1.29 is 14.3 Å². The molecule has 33 heavy (non-hydrogen) atoms. The lowest BCUT2D eigenvalue weighted by atomic mass is 9.95. The highest BCUT2D eigenvalue weighted by Crippen LogP contribution is 2.33. The van der Waals surface area contributed by atoms with Crippen molar-refractivity contribution >= 4 is 40.7 Å². The summed E-state index contributed by atoms with van der Waals surface area (Å²) >= 11 is 12.1. The van der Waals surface area contributed by atoms with E-state index < -0.39 is 0 Å². The quantitative estimate of drug-likeness (QED) is 0.446. The van der Waals surface area contributed by atoms with Crippen molar-refractivity contribution in [2.45, 2.75) is 19.8 Å². The molecule has 0 spiro atoms. The molecule has 0 unspecified atom stereocenters. The number of nitrogens with zero attached hydrogens (tertiary/aromatic N) is 1. The first-order valence-corrected chi connectivity index (χ1v) is 11.5. The number of anilines is 1. The number of piperidine rings is 1. The van der Waals surface area contributed by atoms with E-state index in [2.05, 4.69) is 5.32 Å². The number of rotatable bonds is 5. The van der Waals surface area contributed by atoms with Crippen LogP contribution in [-0.2, 0) is 4.79 Å². The highest BCUT2D eigenvalue weighted by Gasteiger charge is 2.28. The lowest BCUT2D eigenvalue weighted by Gasteiger charge is -2.31. The van der Waals surface area contributed by atoms with Gasteiger partial charge in [0.2, 0.25) is 5.91 Å². The summed E-state index contributed by atoms with van der Waals surface area (Å²) in [6.45, 7) is 3.04. The second-order valence-electron chi connectivity index (χ2n) is 8.12. The van der Waals surface area contributed by atoms with Crippen molar-refractivity contribution in [3.63, 3.8) is 0 Å². The standard InChI is InChI=1S/C26H24Cl2N2O3/c1-17-2-9-22(10-3-17)33-24-11-8-21(28)16-23(24)29-25(31)18-12-14-30(15-13-18)26(32)19-4-6-20(27)7-5-19/h2-11,16,18H,12-15H2,1H3,(H,29,31). The Labute approximate surface area is 203 Å². The van der Waals surface area contributed by atoms with Gasteiger partial charge in [0.1, 0.15) is 5.75 Å². The average molecular weight is 483 g/mol. The van der Waals surface area contributed by atoms with Crippen LogP contribution in [0.1, 0.15) is 28.8 Å². The lowest BCUT2D eigenvalue weighted by molar-refractivity contribution is -0.121. The maximum Gasteiger partial charge on any atom is 0.253 e. The summed E-state index contributed by atoms with van der Waals surface area (Å²) in [5.41, 5.74) is 2.25. The highest BCUT2D eigenvalue weighted by atomic mass is 35.5. The Balaban J connectivity index is 1.39. The molecule has 0 saturated carbocycles. The molecule has 0 bridgehead atoms. The highest BCUT2D eigenvalue weighted by molar-refractivity contribution is 6.31. The predicted molar refractivity (Wildman–Crippen MR) is 131 cm³/mol. The van der Waals surface area contributed by atoms with Gasteiger partial charge in [-0.1, -0.05) is 40.9 Å². The van der Waals surface area contributed by atoms with Crippen molar-refractivity contribution in [1.29, 1.82) is 0 Å². The molecule has 1 saturated heterocycles. The van der Waals surface area contributed by atoms with Crippen molar-refractivity contribution in [2.75, 3.05) is 18.4 Å². The molecule has 0 aromatic heterocycles. The van der Waals surface area contributed by atoms with Gasteiger partial charge in [0, 0.05) is 34.6 Å². The Bertz CT molecular complexity index is 1140. The molecule has 7 heteroatoms. The molecule has 3 aromatic rings. The van der Waals surface area contributed by atoms with Gasteiger partial charge < -0.3 is 15.0 Å². The summed E-state index contributed by atoms with van der Waals surface area (Å²) < 4.78 is 5.98. The fraction of sp³-hybridized carbons (Fsp3) is 0.231. The summed E-state index contributed by atoms with van der Waals surface area (Å²) in [5.74, 6) is 0.837. The van der Waals surface area contributed by atoms with E-state index in [1.165, 1.54) is 0 Å². The predicted octanol–water partition coefficient (Wildman–Crippen LogP) is 6.59. The normalized spacial score (nSPS) is 14.1. The van der Waals surface area contributed by atoms with Crippen LogP contribution in [0.2, 0.25) is 10.0 Å². The monoisotopic (exact) mass is 482 g/mol. The largest absolute Gasteiger partial charge is 0.455 e. The van der Waals surface area contributed by atoms with Gasteiger partial charge in [0.05, 0.1) is 5.69 Å². The molecule has 3 aromatic carbocycles. The fourth-order valence-corrected chi connectivity index (χ4v) is 4.07. The van der Waals surface area contributed by atoms with Gasteiger partial charge in [-0.2, -0.15) is 0 Å². The Hall–Kier alpha value is -3.02. The third-order valence-corrected chi connectivity index (χ3v) is 6.18. The van der Waals surface area contributed by atoms with Crippen LogP contribution in [0.15, 0.2) is 66.7 Å². The molecule has 1 fully saturated rings. The zero-order valence-electron chi connectivity index (χ0n) is 18.2. The van der Waals surface area contributed by atoms with Crippen LogP contribution < -0.4 is 10.1 Å². The van der Waals surface area contributed by atoms with Gasteiger partial charge in [0.25, 0.3) is 5.91 Å². The Morgan fingerprint density at radius 2 is 1.55 bits per heavy atom. The van der Waals surface area contributed by atoms with Gasteiger partial charge >= 0.3 is 0 Å². The first kappa shape index (κ1) is 23.1. The number of carbonyl (C=O) groups is 2. The molecule has 1 heterocycles. The van der Waals surface area contributed by atoms with Gasteiger partial charge in [-0.15, -0.1) is 0 Å². The topological polar surface area (TPSA) is 58.6 Å². The maximum atomic E-state index is 13.0. The minimum absolute atomic E-state index is 0.0471. The molecular weight excluding hydrogens is 459 g/mol. The van der Waals surface area contributed by atoms with Crippen LogP contribution in [0.5, 0.6) is 11.5 Å². The molecule has 4 rings (SSSR count). The smallest absolute Gasteiger partial charge is 0.253 e. The second kappa shape index (κ2) is 10.3. The van der Waals surface area contributed by atoms with E-state index in [9.17, 15) is 9.59 Å². The number of likely N-dealkylation sites (tertiary alicyclic amines) is 1. The van der Waals surface area contributed by atoms with E-state index in [-0.39, 0.29) is 17.7 Å². The molecule has 0 atom stereocenters. The maximum absolute atomic E-state index is 13.0. The summed E-state index contributed by atoms with van der Waals surface area (Å²) in [6, 6.07) is 19.7. The molecule has 2 amide bonds. The van der Waals surface area contributed by atoms with Crippen LogP contribution in [-0.4, -0.2) is 29.8 Å². The van der Waals surface area contributed by atoms with Crippen molar-refractivity contribution in [3.05, 3.63) is 87.9 Å². The van der Waals surface area contributed by atoms with E-state index in [0.717, 1.165) is 5.56 Å². The third-order valence-electron chi connectivity index (χ3n) is 5.69. The van der Waals surface area contributed by atoms with Crippen LogP contribution >= 0.6 is 23.2 Å².